The number of nitrogen functional groups attached to an aromatic ring is 1. The van der Waals surface area contributed by atoms with Crippen LogP contribution >= 0.6 is 34.7 Å². The molecule has 9 nitrogen and oxygen atoms in total. The third-order valence-electron chi connectivity index (χ3n) is 4.45. The molecule has 0 unspecified atom stereocenters. The van der Waals surface area contributed by atoms with Crippen LogP contribution in [0.4, 0.5) is 0 Å². The van der Waals surface area contributed by atoms with Crippen molar-refractivity contribution in [2.24, 2.45) is 0 Å². The molecule has 12 heteroatoms. The number of aromatic nitrogens is 5. The predicted octanol–water partition coefficient (Wildman–Crippen LogP) is 2.56. The normalized spacial score (nSPS) is 11.2. The largest absolute Gasteiger partial charge is 0.335 e. The number of carbonyl (C=O) groups excluding carboxylic acids is 1. The van der Waals surface area contributed by atoms with E-state index in [1.54, 1.807) is 18.2 Å². The molecule has 3 N–H and O–H groups in total. The van der Waals surface area contributed by atoms with Gasteiger partial charge in [-0.1, -0.05) is 35.5 Å². The van der Waals surface area contributed by atoms with Gasteiger partial charge in [0.25, 0.3) is 5.56 Å². The van der Waals surface area contributed by atoms with Crippen LogP contribution in [0, 0.1) is 13.8 Å². The monoisotopic (exact) mass is 461 g/mol. The molecule has 0 spiro atoms. The number of aryl methyl sites for hydroxylation is 2. The number of hydrogen-bond acceptors (Lipinski definition) is 8. The van der Waals surface area contributed by atoms with Crippen LogP contribution in [0.25, 0.3) is 21.6 Å². The Labute approximate surface area is 183 Å². The average Bonchev–Trinajstić information content (AvgIpc) is 3.22. The first kappa shape index (κ1) is 20.4. The fraction of sp³-hybridized carbons (Fsp3) is 0.167. The quantitative estimate of drug-likeness (QED) is 0.346. The van der Waals surface area contributed by atoms with E-state index < -0.39 is 5.91 Å². The third-order valence-corrected chi connectivity index (χ3v) is 6.83. The summed E-state index contributed by atoms with van der Waals surface area (Å²) in [6.45, 7) is 3.80. The summed E-state index contributed by atoms with van der Waals surface area (Å²) in [6, 6.07) is 7.12. The standard InChI is InChI=1S/C18H16ClN7O2S2/c1-9-10(2)30-16-14(9)17(28)25(8-21-16)24-13(27)7-29-18-23-22-15(26(18)20)11-5-3-4-6-12(11)19/h3-6,8H,7,20H2,1-2H3,(H,24,27). The topological polar surface area (TPSA) is 121 Å². The van der Waals surface area contributed by atoms with Crippen LogP contribution in [-0.4, -0.2) is 36.2 Å². The van der Waals surface area contributed by atoms with Gasteiger partial charge in [-0.25, -0.2) is 14.3 Å². The summed E-state index contributed by atoms with van der Waals surface area (Å²) in [5, 5.41) is 9.42. The number of thioether (sulfide) groups is 1. The summed E-state index contributed by atoms with van der Waals surface area (Å²) >= 11 is 8.72. The average molecular weight is 462 g/mol. The van der Waals surface area contributed by atoms with E-state index in [4.69, 9.17) is 17.4 Å². The van der Waals surface area contributed by atoms with Crippen LogP contribution in [0.3, 0.4) is 0 Å². The number of nitrogens with zero attached hydrogens (tertiary/aromatic N) is 5. The Bertz CT molecular complexity index is 1330. The highest BCUT2D eigenvalue weighted by Crippen LogP contribution is 2.27. The molecule has 0 atom stereocenters. The number of nitrogens with one attached hydrogen (secondary N) is 1. The Morgan fingerprint density at radius 1 is 1.30 bits per heavy atom. The van der Waals surface area contributed by atoms with Gasteiger partial charge in [0.15, 0.2) is 5.82 Å². The van der Waals surface area contributed by atoms with Crippen molar-refractivity contribution in [3.05, 3.63) is 56.4 Å². The molecule has 0 radical (unpaired) electrons. The number of thiophene rings is 1. The van der Waals surface area contributed by atoms with E-state index >= 15 is 0 Å². The maximum atomic E-state index is 12.7. The molecule has 0 fully saturated rings. The van der Waals surface area contributed by atoms with Gasteiger partial charge >= 0.3 is 0 Å². The number of nitrogens with two attached hydrogens (primary N) is 1. The van der Waals surface area contributed by atoms with E-state index in [0.717, 1.165) is 26.9 Å². The second-order valence-corrected chi connectivity index (χ2v) is 8.92. The maximum Gasteiger partial charge on any atom is 0.281 e. The molecule has 154 valence electrons. The second-order valence-electron chi connectivity index (χ2n) is 6.36. The first-order chi connectivity index (χ1) is 14.4. The lowest BCUT2D eigenvalue weighted by Gasteiger charge is -2.08. The fourth-order valence-electron chi connectivity index (χ4n) is 2.81. The van der Waals surface area contributed by atoms with Crippen molar-refractivity contribution in [3.63, 3.8) is 0 Å². The number of carbonyl (C=O) groups is 1. The van der Waals surface area contributed by atoms with Gasteiger partial charge in [-0.3, -0.25) is 15.0 Å². The van der Waals surface area contributed by atoms with Crippen molar-refractivity contribution in [2.45, 2.75) is 19.0 Å². The Morgan fingerprint density at radius 3 is 2.83 bits per heavy atom. The number of benzene rings is 1. The van der Waals surface area contributed by atoms with Gasteiger partial charge in [0, 0.05) is 10.4 Å². The third kappa shape index (κ3) is 3.66. The summed E-state index contributed by atoms with van der Waals surface area (Å²) in [4.78, 5) is 31.0. The molecule has 1 amide bonds. The highest BCUT2D eigenvalue weighted by molar-refractivity contribution is 7.99. The van der Waals surface area contributed by atoms with Crippen molar-refractivity contribution < 1.29 is 4.79 Å². The van der Waals surface area contributed by atoms with Crippen LogP contribution < -0.4 is 16.8 Å². The number of amides is 1. The lowest BCUT2D eigenvalue weighted by molar-refractivity contribution is -0.114. The summed E-state index contributed by atoms with van der Waals surface area (Å²) < 4.78 is 2.36. The van der Waals surface area contributed by atoms with Crippen molar-refractivity contribution >= 4 is 50.8 Å². The van der Waals surface area contributed by atoms with Crippen LogP contribution in [0.15, 0.2) is 40.5 Å². The summed E-state index contributed by atoms with van der Waals surface area (Å²) in [6.07, 6.45) is 1.31. The maximum absolute atomic E-state index is 12.7. The van der Waals surface area contributed by atoms with Crippen molar-refractivity contribution in [3.8, 4) is 11.4 Å². The molecular weight excluding hydrogens is 446 g/mol. The van der Waals surface area contributed by atoms with Gasteiger partial charge in [0.1, 0.15) is 11.2 Å². The Kier molecular flexibility index (Phi) is 5.50. The Hall–Kier alpha value is -2.89. The SMILES string of the molecule is Cc1sc2ncn(NC(=O)CSc3nnc(-c4ccccc4Cl)n3N)c(=O)c2c1C. The van der Waals surface area contributed by atoms with E-state index in [-0.39, 0.29) is 11.3 Å². The van der Waals surface area contributed by atoms with Crippen LogP contribution in [0.5, 0.6) is 0 Å². The number of halogens is 1. The zero-order valence-electron chi connectivity index (χ0n) is 15.9. The zero-order chi connectivity index (χ0) is 21.4. The van der Waals surface area contributed by atoms with Crippen LogP contribution in [0.2, 0.25) is 5.02 Å². The minimum atomic E-state index is -0.407. The number of rotatable bonds is 5. The van der Waals surface area contributed by atoms with Crippen molar-refractivity contribution in [2.75, 3.05) is 17.0 Å². The van der Waals surface area contributed by atoms with E-state index in [1.165, 1.54) is 22.3 Å². The van der Waals surface area contributed by atoms with Crippen LogP contribution in [-0.2, 0) is 4.79 Å². The van der Waals surface area contributed by atoms with Gasteiger partial charge in [0.05, 0.1) is 16.2 Å². The minimum absolute atomic E-state index is 0.0238. The smallest absolute Gasteiger partial charge is 0.281 e. The molecule has 3 heterocycles. The molecule has 0 aliphatic heterocycles. The lowest BCUT2D eigenvalue weighted by atomic mass is 10.2. The molecule has 0 aliphatic rings. The molecule has 0 saturated heterocycles. The highest BCUT2D eigenvalue weighted by atomic mass is 35.5. The Balaban J connectivity index is 1.48. The number of fused-ring (bicyclic) bond motifs is 1. The van der Waals surface area contributed by atoms with Gasteiger partial charge in [-0.05, 0) is 31.5 Å². The van der Waals surface area contributed by atoms with Gasteiger partial charge in [-0.15, -0.1) is 21.5 Å². The van der Waals surface area contributed by atoms with Crippen LogP contribution in [0.1, 0.15) is 10.4 Å². The van der Waals surface area contributed by atoms with E-state index in [1.807, 2.05) is 19.9 Å². The van der Waals surface area contributed by atoms with E-state index in [9.17, 15) is 9.59 Å². The Morgan fingerprint density at radius 2 is 2.07 bits per heavy atom. The lowest BCUT2D eigenvalue weighted by Crippen LogP contribution is -2.34. The highest BCUT2D eigenvalue weighted by Gasteiger charge is 2.17. The fourth-order valence-corrected chi connectivity index (χ4v) is 4.67. The molecule has 0 bridgehead atoms. The first-order valence-corrected chi connectivity index (χ1v) is 10.9. The second kappa shape index (κ2) is 8.09. The van der Waals surface area contributed by atoms with Gasteiger partial charge < -0.3 is 5.84 Å². The minimum Gasteiger partial charge on any atom is -0.335 e. The molecule has 0 aliphatic carbocycles. The molecular formula is C18H16ClN7O2S2. The number of hydrogen-bond donors (Lipinski definition) is 2. The van der Waals surface area contributed by atoms with Crippen molar-refractivity contribution in [1.29, 1.82) is 0 Å². The first-order valence-electron chi connectivity index (χ1n) is 8.72. The molecule has 0 saturated carbocycles. The predicted molar refractivity (Wildman–Crippen MR) is 119 cm³/mol. The summed E-state index contributed by atoms with van der Waals surface area (Å²) in [7, 11) is 0. The molecule has 30 heavy (non-hydrogen) atoms. The summed E-state index contributed by atoms with van der Waals surface area (Å²) in [5.74, 6) is 6.02. The van der Waals surface area contributed by atoms with Gasteiger partial charge in [0.2, 0.25) is 11.1 Å². The van der Waals surface area contributed by atoms with E-state index in [2.05, 4.69) is 20.6 Å². The van der Waals surface area contributed by atoms with E-state index in [0.29, 0.717) is 31.8 Å². The van der Waals surface area contributed by atoms with Gasteiger partial charge in [-0.2, -0.15) is 0 Å². The van der Waals surface area contributed by atoms with Crippen molar-refractivity contribution in [1.82, 2.24) is 24.5 Å². The molecule has 1 aromatic carbocycles. The molecule has 4 aromatic rings. The zero-order valence-corrected chi connectivity index (χ0v) is 18.3. The molecule has 3 aromatic heterocycles. The molecule has 4 rings (SSSR count). The summed E-state index contributed by atoms with van der Waals surface area (Å²) in [5.41, 5.74) is 3.73.